The van der Waals surface area contributed by atoms with Crippen molar-refractivity contribution in [3.63, 3.8) is 0 Å². The Morgan fingerprint density at radius 3 is 1.84 bits per heavy atom. The summed E-state index contributed by atoms with van der Waals surface area (Å²) in [5.74, 6) is 3.14. The van der Waals surface area contributed by atoms with Gasteiger partial charge in [-0.2, -0.15) is 0 Å². The Balaban J connectivity index is 2.56. The summed E-state index contributed by atoms with van der Waals surface area (Å²) in [6.07, 6.45) is 2.36. The molecule has 0 saturated heterocycles. The van der Waals surface area contributed by atoms with Gasteiger partial charge in [-0.1, -0.05) is 94.8 Å². The highest BCUT2D eigenvalue weighted by molar-refractivity contribution is 8.03. The van der Waals surface area contributed by atoms with Gasteiger partial charge in [0.1, 0.15) is 0 Å². The lowest BCUT2D eigenvalue weighted by atomic mass is 9.97. The molecule has 0 aliphatic carbocycles. The SMILES string of the molecule is CCCCS/C(=C\P(=O)(c1ccccc1)c1ccccc1)C(C)(C)C. The summed E-state index contributed by atoms with van der Waals surface area (Å²) >= 11 is 1.86. The van der Waals surface area contributed by atoms with Crippen LogP contribution in [0, 0.1) is 5.41 Å². The summed E-state index contributed by atoms with van der Waals surface area (Å²) < 4.78 is 14.2. The summed E-state index contributed by atoms with van der Waals surface area (Å²) in [5, 5.41) is 1.80. The Bertz CT molecular complexity index is 686. The van der Waals surface area contributed by atoms with Gasteiger partial charge in [0.15, 0.2) is 7.14 Å². The maximum absolute atomic E-state index is 14.2. The molecular formula is C22H29OPS. The Labute approximate surface area is 157 Å². The number of rotatable bonds is 7. The Hall–Kier alpha value is -1.24. The van der Waals surface area contributed by atoms with Crippen molar-refractivity contribution < 1.29 is 4.57 Å². The van der Waals surface area contributed by atoms with Crippen LogP contribution in [0.25, 0.3) is 0 Å². The van der Waals surface area contributed by atoms with Crippen LogP contribution < -0.4 is 10.6 Å². The average Bonchev–Trinajstić information content (AvgIpc) is 2.61. The van der Waals surface area contributed by atoms with Crippen LogP contribution in [0.4, 0.5) is 0 Å². The van der Waals surface area contributed by atoms with E-state index in [9.17, 15) is 4.57 Å². The molecule has 0 radical (unpaired) electrons. The number of hydrogen-bond acceptors (Lipinski definition) is 2. The van der Waals surface area contributed by atoms with E-state index in [-0.39, 0.29) is 5.41 Å². The summed E-state index contributed by atoms with van der Waals surface area (Å²) in [4.78, 5) is 1.22. The van der Waals surface area contributed by atoms with Crippen molar-refractivity contribution in [1.82, 2.24) is 0 Å². The van der Waals surface area contributed by atoms with E-state index in [1.807, 2.05) is 72.4 Å². The zero-order valence-corrected chi connectivity index (χ0v) is 17.4. The zero-order valence-electron chi connectivity index (χ0n) is 15.7. The van der Waals surface area contributed by atoms with Crippen molar-refractivity contribution in [1.29, 1.82) is 0 Å². The highest BCUT2D eigenvalue weighted by atomic mass is 32.2. The fourth-order valence-corrected chi connectivity index (χ4v) is 6.91. The van der Waals surface area contributed by atoms with E-state index in [2.05, 4.69) is 33.5 Å². The third-order valence-corrected chi connectivity index (χ3v) is 8.53. The Morgan fingerprint density at radius 1 is 0.960 bits per heavy atom. The van der Waals surface area contributed by atoms with E-state index < -0.39 is 7.14 Å². The summed E-state index contributed by atoms with van der Waals surface area (Å²) in [7, 11) is -2.81. The summed E-state index contributed by atoms with van der Waals surface area (Å²) in [5.41, 5.74) is -0.0162. The van der Waals surface area contributed by atoms with Gasteiger partial charge >= 0.3 is 0 Å². The summed E-state index contributed by atoms with van der Waals surface area (Å²) in [6, 6.07) is 19.8. The lowest BCUT2D eigenvalue weighted by Crippen LogP contribution is -2.16. The van der Waals surface area contributed by atoms with Crippen molar-refractivity contribution in [3.8, 4) is 0 Å². The normalized spacial score (nSPS) is 13.0. The minimum Gasteiger partial charge on any atom is -0.309 e. The van der Waals surface area contributed by atoms with E-state index >= 15 is 0 Å². The number of thioether (sulfide) groups is 1. The van der Waals surface area contributed by atoms with Gasteiger partial charge in [-0.25, -0.2) is 0 Å². The van der Waals surface area contributed by atoms with Crippen molar-refractivity contribution in [2.45, 2.75) is 40.5 Å². The number of allylic oxidation sites excluding steroid dienone is 1. The first kappa shape index (κ1) is 20.1. The molecular weight excluding hydrogens is 343 g/mol. The third-order valence-electron chi connectivity index (χ3n) is 4.07. The summed E-state index contributed by atoms with van der Waals surface area (Å²) in [6.45, 7) is 8.83. The van der Waals surface area contributed by atoms with Crippen LogP contribution in [-0.4, -0.2) is 5.75 Å². The van der Waals surface area contributed by atoms with Gasteiger partial charge in [0.2, 0.25) is 0 Å². The molecule has 0 heterocycles. The van der Waals surface area contributed by atoms with Crippen molar-refractivity contribution in [2.75, 3.05) is 5.75 Å². The molecule has 0 saturated carbocycles. The fraction of sp³-hybridized carbons (Fsp3) is 0.364. The first-order valence-electron chi connectivity index (χ1n) is 8.95. The van der Waals surface area contributed by atoms with Gasteiger partial charge in [0.25, 0.3) is 0 Å². The highest BCUT2D eigenvalue weighted by Crippen LogP contribution is 2.50. The highest BCUT2D eigenvalue weighted by Gasteiger charge is 2.28. The maximum Gasteiger partial charge on any atom is 0.164 e. The first-order valence-corrected chi connectivity index (χ1v) is 11.7. The molecule has 2 aromatic rings. The van der Waals surface area contributed by atoms with Crippen molar-refractivity contribution >= 4 is 29.5 Å². The molecule has 0 unspecified atom stereocenters. The second kappa shape index (κ2) is 8.92. The molecule has 0 N–H and O–H groups in total. The van der Waals surface area contributed by atoms with Gasteiger partial charge in [-0.15, -0.1) is 11.8 Å². The molecule has 25 heavy (non-hydrogen) atoms. The lowest BCUT2D eigenvalue weighted by molar-refractivity contribution is 0.533. The molecule has 2 rings (SSSR count). The number of unbranched alkanes of at least 4 members (excludes halogenated alkanes) is 1. The van der Waals surface area contributed by atoms with Crippen LogP contribution in [0.5, 0.6) is 0 Å². The smallest absolute Gasteiger partial charge is 0.164 e. The van der Waals surface area contributed by atoms with Gasteiger partial charge in [0.05, 0.1) is 0 Å². The van der Waals surface area contributed by atoms with Gasteiger partial charge in [-0.3, -0.25) is 0 Å². The van der Waals surface area contributed by atoms with Crippen LogP contribution in [0.2, 0.25) is 0 Å². The van der Waals surface area contributed by atoms with Crippen molar-refractivity contribution in [3.05, 3.63) is 71.4 Å². The van der Waals surface area contributed by atoms with Crippen LogP contribution in [0.1, 0.15) is 40.5 Å². The van der Waals surface area contributed by atoms with Crippen LogP contribution in [0.3, 0.4) is 0 Å². The minimum absolute atomic E-state index is 0.0162. The van der Waals surface area contributed by atoms with Crippen molar-refractivity contribution in [2.24, 2.45) is 5.41 Å². The average molecular weight is 373 g/mol. The largest absolute Gasteiger partial charge is 0.309 e. The second-order valence-corrected chi connectivity index (χ2v) is 11.0. The molecule has 0 atom stereocenters. The first-order chi connectivity index (χ1) is 11.9. The number of benzene rings is 2. The Morgan fingerprint density at radius 2 is 1.44 bits per heavy atom. The third kappa shape index (κ3) is 5.36. The van der Waals surface area contributed by atoms with E-state index in [1.165, 1.54) is 17.7 Å². The minimum atomic E-state index is -2.81. The molecule has 134 valence electrons. The molecule has 2 aromatic carbocycles. The van der Waals surface area contributed by atoms with Crippen LogP contribution in [-0.2, 0) is 4.57 Å². The van der Waals surface area contributed by atoms with Gasteiger partial charge in [0, 0.05) is 10.6 Å². The zero-order chi connectivity index (χ0) is 18.3. The molecule has 0 bridgehead atoms. The van der Waals surface area contributed by atoms with E-state index in [0.29, 0.717) is 0 Å². The predicted molar refractivity (Wildman–Crippen MR) is 115 cm³/mol. The van der Waals surface area contributed by atoms with E-state index in [4.69, 9.17) is 0 Å². The quantitative estimate of drug-likeness (QED) is 0.412. The lowest BCUT2D eigenvalue weighted by Gasteiger charge is -2.25. The van der Waals surface area contributed by atoms with E-state index in [0.717, 1.165) is 16.4 Å². The topological polar surface area (TPSA) is 17.1 Å². The Kier molecular flexibility index (Phi) is 7.16. The predicted octanol–water partition coefficient (Wildman–Crippen LogP) is 6.42. The number of hydrogen-bond donors (Lipinski definition) is 0. The molecule has 0 aromatic heterocycles. The molecule has 0 fully saturated rings. The molecule has 0 aliphatic heterocycles. The second-order valence-electron chi connectivity index (χ2n) is 7.27. The van der Waals surface area contributed by atoms with Crippen LogP contribution >= 0.6 is 18.9 Å². The standard InChI is InChI=1S/C22H29OPS/c1-5-6-17-25-21(22(2,3)4)18-24(23,19-13-9-7-10-14-19)20-15-11-8-12-16-20/h7-16,18H,5-6,17H2,1-4H3/b21-18-. The fourth-order valence-electron chi connectivity index (χ4n) is 2.54. The molecule has 3 heteroatoms. The monoisotopic (exact) mass is 372 g/mol. The maximum atomic E-state index is 14.2. The van der Waals surface area contributed by atoms with Crippen LogP contribution in [0.15, 0.2) is 71.4 Å². The van der Waals surface area contributed by atoms with Gasteiger partial charge in [-0.05, 0) is 28.3 Å². The molecule has 0 spiro atoms. The molecule has 1 nitrogen and oxygen atoms in total. The van der Waals surface area contributed by atoms with Gasteiger partial charge < -0.3 is 4.57 Å². The van der Waals surface area contributed by atoms with E-state index in [1.54, 1.807) is 0 Å². The molecule has 0 amide bonds. The molecule has 0 aliphatic rings.